The van der Waals surface area contributed by atoms with Gasteiger partial charge >= 0.3 is 11.8 Å². The van der Waals surface area contributed by atoms with Gasteiger partial charge in [0.1, 0.15) is 9.40 Å². The van der Waals surface area contributed by atoms with Gasteiger partial charge < -0.3 is 28.0 Å². The minimum Gasteiger partial charge on any atom is -0.748 e. The van der Waals surface area contributed by atoms with Crippen LogP contribution in [0, 0.1) is 0 Å². The molecular weight excluding hydrogens is 1280 g/mol. The maximum absolute atomic E-state index is 13.0. The minimum absolute atomic E-state index is 0.0937. The highest BCUT2D eigenvalue weighted by Gasteiger charge is 2.32. The van der Waals surface area contributed by atoms with E-state index in [1.54, 1.807) is 40.6 Å². The number of amides is 2. The SMILES string of the molecule is CC(CCN1C(=Cc2sc3ccc(Cl)cc3[n+]2CC(=O)N=S(C)(=O)O)Sc2ccc(Cl)cc21)S(=O)(=O)[O-].CS(=O)(O)=NC(=O)C[n+]1c(C=C2Sc3ccc(-c4ccccc4)cc3N2CCCCS(=O)(=O)[O-])sc2ccc(-c3ccccc3)cc21. The van der Waals surface area contributed by atoms with Gasteiger partial charge in [-0.25, -0.2) is 25.3 Å². The van der Waals surface area contributed by atoms with Gasteiger partial charge in [-0.1, -0.05) is 142 Å². The summed E-state index contributed by atoms with van der Waals surface area (Å²) in [5.41, 5.74) is 7.23. The molecule has 84 heavy (non-hydrogen) atoms. The van der Waals surface area contributed by atoms with Crippen LogP contribution in [0.1, 0.15) is 36.2 Å². The van der Waals surface area contributed by atoms with E-state index in [4.69, 9.17) is 23.2 Å². The average molecular weight is 1330 g/mol. The number of hydrogen-bond donors (Lipinski definition) is 2. The molecule has 2 aliphatic rings. The first-order valence-electron chi connectivity index (χ1n) is 25.4. The van der Waals surface area contributed by atoms with Crippen LogP contribution >= 0.6 is 69.4 Å². The summed E-state index contributed by atoms with van der Waals surface area (Å²) in [6.07, 6.45) is 6.58. The first-order valence-corrected chi connectivity index (χ1v) is 36.3. The van der Waals surface area contributed by atoms with Crippen LogP contribution in [0.15, 0.2) is 162 Å². The number of fused-ring (bicyclic) bond motifs is 4. The second-order valence-electron chi connectivity index (χ2n) is 19.4. The summed E-state index contributed by atoms with van der Waals surface area (Å²) >= 11 is 18.3. The summed E-state index contributed by atoms with van der Waals surface area (Å²) in [6.45, 7) is 1.56. The van der Waals surface area contributed by atoms with Crippen LogP contribution < -0.4 is 18.9 Å². The smallest absolute Gasteiger partial charge is 0.321 e. The second-order valence-corrected chi connectivity index (χ2v) is 31.3. The Labute approximate surface area is 513 Å². The summed E-state index contributed by atoms with van der Waals surface area (Å²) in [5.74, 6) is -1.93. The van der Waals surface area contributed by atoms with Gasteiger partial charge in [0, 0.05) is 68.6 Å². The van der Waals surface area contributed by atoms with Crippen LogP contribution in [0.5, 0.6) is 0 Å². The Morgan fingerprint density at radius 3 is 1.57 bits per heavy atom. The number of benzene rings is 6. The van der Waals surface area contributed by atoms with E-state index in [2.05, 4.69) is 31.8 Å². The van der Waals surface area contributed by atoms with Gasteiger partial charge in [0.15, 0.2) is 20.0 Å². The number of nitrogens with zero attached hydrogens (tertiary/aromatic N) is 6. The van der Waals surface area contributed by atoms with Crippen molar-refractivity contribution in [1.82, 2.24) is 0 Å². The number of carbonyl (C=O) groups excluding carboxylic acids is 2. The minimum atomic E-state index is -4.45. The molecule has 440 valence electrons. The summed E-state index contributed by atoms with van der Waals surface area (Å²) in [6, 6.07) is 42.7. The van der Waals surface area contributed by atoms with Crippen molar-refractivity contribution < 1.29 is 62.2 Å². The van der Waals surface area contributed by atoms with Gasteiger partial charge in [-0.2, -0.15) is 9.13 Å². The molecule has 0 spiro atoms. The number of hydrogen-bond acceptors (Lipinski definition) is 16. The van der Waals surface area contributed by atoms with Crippen LogP contribution in [0.25, 0.3) is 54.8 Å². The number of unbranched alkanes of at least 4 members (excludes halogenated alkanes) is 1. The summed E-state index contributed by atoms with van der Waals surface area (Å²) in [4.78, 5) is 31.4. The van der Waals surface area contributed by atoms with E-state index >= 15 is 0 Å². The zero-order chi connectivity index (χ0) is 60.3. The lowest BCUT2D eigenvalue weighted by Gasteiger charge is -2.23. The highest BCUT2D eigenvalue weighted by Crippen LogP contribution is 2.50. The van der Waals surface area contributed by atoms with E-state index in [-0.39, 0.29) is 32.5 Å². The fourth-order valence-electron chi connectivity index (χ4n) is 9.11. The number of carbonyl (C=O) groups is 2. The lowest BCUT2D eigenvalue weighted by molar-refractivity contribution is -0.655. The molecule has 0 aliphatic carbocycles. The lowest BCUT2D eigenvalue weighted by atomic mass is 10.0. The van der Waals surface area contributed by atoms with Gasteiger partial charge in [0.25, 0.3) is 10.0 Å². The molecule has 2 N–H and O–H groups in total. The van der Waals surface area contributed by atoms with E-state index in [1.165, 1.54) is 41.4 Å². The average Bonchev–Trinajstić information content (AvgIpc) is 2.38. The number of anilines is 2. The lowest BCUT2D eigenvalue weighted by Crippen LogP contribution is -2.39. The Morgan fingerprint density at radius 1 is 0.595 bits per heavy atom. The van der Waals surface area contributed by atoms with Crippen LogP contribution in [-0.2, 0) is 62.9 Å². The fourth-order valence-corrected chi connectivity index (χ4v) is 15.8. The van der Waals surface area contributed by atoms with Crippen molar-refractivity contribution in [3.05, 3.63) is 164 Å². The second kappa shape index (κ2) is 26.2. The molecule has 3 unspecified atom stereocenters. The third-order valence-corrected chi connectivity index (χ3v) is 21.0. The van der Waals surface area contributed by atoms with Crippen molar-refractivity contribution in [2.75, 3.05) is 41.2 Å². The molecule has 0 radical (unpaired) electrons. The first-order chi connectivity index (χ1) is 39.6. The molecule has 6 aromatic carbocycles. The Kier molecular flexibility index (Phi) is 19.6. The molecule has 28 heteroatoms. The van der Waals surface area contributed by atoms with Crippen molar-refractivity contribution in [3.63, 3.8) is 0 Å². The van der Waals surface area contributed by atoms with Crippen molar-refractivity contribution >= 4 is 165 Å². The molecule has 0 saturated heterocycles. The molecule has 8 aromatic rings. The molecule has 18 nitrogen and oxygen atoms in total. The van der Waals surface area contributed by atoms with Gasteiger partial charge in [-0.3, -0.25) is 9.59 Å². The van der Waals surface area contributed by atoms with Crippen LogP contribution in [0.2, 0.25) is 10.0 Å². The Balaban J connectivity index is 0.000000208. The normalized spacial score (nSPS) is 16.0. The molecule has 2 amide bonds. The number of halogens is 2. The van der Waals surface area contributed by atoms with Crippen molar-refractivity contribution in [2.24, 2.45) is 8.73 Å². The van der Waals surface area contributed by atoms with Gasteiger partial charge in [0.2, 0.25) is 24.1 Å². The third kappa shape index (κ3) is 16.3. The summed E-state index contributed by atoms with van der Waals surface area (Å²) in [7, 11) is -16.0. The zero-order valence-electron chi connectivity index (χ0n) is 44.8. The van der Waals surface area contributed by atoms with Crippen LogP contribution in [-0.4, -0.2) is 91.9 Å². The van der Waals surface area contributed by atoms with Gasteiger partial charge in [0.05, 0.1) is 53.8 Å². The Hall–Kier alpha value is -5.56. The van der Waals surface area contributed by atoms with Gasteiger partial charge in [-0.15, -0.1) is 8.73 Å². The number of thiazole rings is 2. The standard InChI is InChI=1S/C34H31N3O6S4.C22H21Cl2N3O6S4/c1-46(39,40)35-32(38)23-37-29-21-27(25-12-6-3-7-13-25)15-17-31(29)45-34(37)22-33-36(18-8-9-19-47(41,42)43)28-20-26(14-16-30(28)44-33)24-10-4-2-5-11-24;1-13(37(31,32)33)7-8-26-16-9-14(23)3-5-18(16)34-21(26)11-22-27(12-20(28)25-36(2,29)30)17-10-15(24)4-6-19(17)35-22/h2-7,10-17,20-22H,8-9,18-19,23H2,1H3,(H-,35,38,39,40,41,42,43);3-6,9-11,13H,7-8,12H2,1-2H3,(H-,25,28,29,30,31,32,33). The topological polar surface area (TPSA) is 262 Å². The molecule has 4 heterocycles. The molecular formula is C56H52Cl2N6O12S8. The zero-order valence-corrected chi connectivity index (χ0v) is 52.8. The van der Waals surface area contributed by atoms with E-state index in [0.717, 1.165) is 85.9 Å². The molecule has 0 fully saturated rings. The molecule has 0 saturated carbocycles. The van der Waals surface area contributed by atoms with Crippen LogP contribution in [0.3, 0.4) is 0 Å². The summed E-state index contributed by atoms with van der Waals surface area (Å²) < 4.78 is 123. The molecule has 0 bridgehead atoms. The monoisotopic (exact) mass is 1330 g/mol. The van der Waals surface area contributed by atoms with Gasteiger partial charge in [-0.05, 0) is 97.0 Å². The van der Waals surface area contributed by atoms with Crippen molar-refractivity contribution in [1.29, 1.82) is 0 Å². The van der Waals surface area contributed by atoms with E-state index < -0.39 is 63.1 Å². The number of aromatic nitrogens is 2. The number of thioether (sulfide) groups is 2. The maximum Gasteiger partial charge on any atom is 0.321 e. The maximum atomic E-state index is 13.0. The largest absolute Gasteiger partial charge is 0.748 e. The third-order valence-electron chi connectivity index (χ3n) is 13.0. The molecule has 2 aliphatic heterocycles. The van der Waals surface area contributed by atoms with E-state index in [0.29, 0.717) is 33.5 Å². The first kappa shape index (κ1) is 63.0. The Morgan fingerprint density at radius 2 is 1.05 bits per heavy atom. The molecule has 3 atom stereocenters. The summed E-state index contributed by atoms with van der Waals surface area (Å²) in [5, 5.41) is 2.84. The number of rotatable bonds is 17. The van der Waals surface area contributed by atoms with Crippen molar-refractivity contribution in [3.8, 4) is 22.3 Å². The predicted octanol–water partition coefficient (Wildman–Crippen LogP) is 11.7. The highest BCUT2D eigenvalue weighted by atomic mass is 35.5. The van der Waals surface area contributed by atoms with E-state index in [9.17, 15) is 53.1 Å². The molecule has 10 rings (SSSR count). The van der Waals surface area contributed by atoms with E-state index in [1.807, 2.05) is 113 Å². The van der Waals surface area contributed by atoms with Crippen molar-refractivity contribution in [2.45, 2.75) is 54.3 Å². The predicted molar refractivity (Wildman–Crippen MR) is 336 cm³/mol. The highest BCUT2D eigenvalue weighted by molar-refractivity contribution is 8.04. The fraction of sp³-hybridized carbons (Fsp3) is 0.214. The molecule has 2 aromatic heterocycles. The van der Waals surface area contributed by atoms with Crippen LogP contribution in [0.4, 0.5) is 11.4 Å². The Bertz CT molecular complexity index is 4430. The quantitative estimate of drug-likeness (QED) is 0.0488.